The van der Waals surface area contributed by atoms with E-state index in [1.165, 1.54) is 12.7 Å². The Labute approximate surface area is 103 Å². The number of fused-ring (bicyclic) bond motifs is 1. The van der Waals surface area contributed by atoms with Crippen LogP contribution in [-0.4, -0.2) is 37.6 Å². The number of nitrogens with two attached hydrogens (primary N) is 1. The molecule has 18 heavy (non-hydrogen) atoms. The largest absolute Gasteiger partial charge is 0.694 e. The van der Waals surface area contributed by atoms with Crippen LogP contribution in [0, 0.1) is 0 Å². The van der Waals surface area contributed by atoms with Crippen molar-refractivity contribution in [3.05, 3.63) is 12.7 Å². The molecular formula is C8H11N5O4P+. The number of hydrogen-bond acceptors (Lipinski definition) is 7. The molecule has 0 saturated heterocycles. The van der Waals surface area contributed by atoms with E-state index in [-0.39, 0.29) is 19.9 Å². The van der Waals surface area contributed by atoms with E-state index in [4.69, 9.17) is 15.4 Å². The van der Waals surface area contributed by atoms with E-state index < -0.39 is 8.25 Å². The van der Waals surface area contributed by atoms with E-state index >= 15 is 0 Å². The molecule has 0 spiro atoms. The van der Waals surface area contributed by atoms with Crippen LogP contribution >= 0.6 is 8.25 Å². The van der Waals surface area contributed by atoms with Crippen molar-refractivity contribution in [3.63, 3.8) is 0 Å². The normalized spacial score (nSPS) is 11.9. The van der Waals surface area contributed by atoms with Gasteiger partial charge in [0, 0.05) is 4.57 Å². The molecule has 9 nitrogen and oxygen atoms in total. The molecule has 0 aliphatic heterocycles. The zero-order valence-electron chi connectivity index (χ0n) is 9.26. The number of hydrogen-bond donors (Lipinski definition) is 2. The van der Waals surface area contributed by atoms with Gasteiger partial charge in [0.1, 0.15) is 25.2 Å². The van der Waals surface area contributed by atoms with Crippen LogP contribution in [0.3, 0.4) is 0 Å². The summed E-state index contributed by atoms with van der Waals surface area (Å²) in [6.45, 7) is 0.413. The Hall–Kier alpha value is -1.67. The molecule has 2 heterocycles. The van der Waals surface area contributed by atoms with Crippen LogP contribution in [0.2, 0.25) is 0 Å². The molecule has 2 rings (SSSR count). The van der Waals surface area contributed by atoms with Gasteiger partial charge in [0.15, 0.2) is 11.5 Å². The fraction of sp³-hybridized carbons (Fsp3) is 0.375. The predicted molar refractivity (Wildman–Crippen MR) is 61.5 cm³/mol. The standard InChI is InChI=1S/C8H10N5O4P/c9-7-6-8(11-3-10-7)13(4-12-6)5-16-1-2-17-18(14)15/h3-4H,1-2,5H2,(H2-,9,10,11,14,15)/p+1. The topological polar surface area (TPSA) is 125 Å². The number of aromatic nitrogens is 4. The summed E-state index contributed by atoms with van der Waals surface area (Å²) in [5.41, 5.74) is 6.71. The van der Waals surface area contributed by atoms with Gasteiger partial charge in [-0.2, -0.15) is 0 Å². The Morgan fingerprint density at radius 3 is 3.00 bits per heavy atom. The minimum absolute atomic E-state index is 0.0372. The van der Waals surface area contributed by atoms with E-state index in [0.29, 0.717) is 17.0 Å². The number of rotatable bonds is 6. The fourth-order valence-corrected chi connectivity index (χ4v) is 1.56. The highest BCUT2D eigenvalue weighted by atomic mass is 31.1. The Morgan fingerprint density at radius 1 is 1.39 bits per heavy atom. The van der Waals surface area contributed by atoms with Gasteiger partial charge in [-0.15, -0.1) is 9.42 Å². The van der Waals surface area contributed by atoms with Crippen molar-refractivity contribution in [2.75, 3.05) is 18.9 Å². The van der Waals surface area contributed by atoms with Crippen LogP contribution in [0.5, 0.6) is 0 Å². The van der Waals surface area contributed by atoms with Crippen molar-refractivity contribution in [1.29, 1.82) is 0 Å². The Morgan fingerprint density at radius 2 is 2.22 bits per heavy atom. The highest BCUT2D eigenvalue weighted by molar-refractivity contribution is 7.32. The quantitative estimate of drug-likeness (QED) is 0.558. The maximum Gasteiger partial charge on any atom is 0.694 e. The Kier molecular flexibility index (Phi) is 4.11. The molecule has 10 heteroatoms. The maximum absolute atomic E-state index is 10.2. The lowest BCUT2D eigenvalue weighted by atomic mass is 10.5. The second-order valence-corrected chi connectivity index (χ2v) is 3.99. The molecule has 0 aromatic carbocycles. The minimum Gasteiger partial charge on any atom is -0.382 e. The zero-order valence-corrected chi connectivity index (χ0v) is 10.2. The molecule has 0 fully saturated rings. The smallest absolute Gasteiger partial charge is 0.382 e. The maximum atomic E-state index is 10.2. The molecule has 0 aliphatic rings. The van der Waals surface area contributed by atoms with Gasteiger partial charge in [-0.25, -0.2) is 15.0 Å². The van der Waals surface area contributed by atoms with Gasteiger partial charge in [0.05, 0.1) is 12.9 Å². The van der Waals surface area contributed by atoms with Crippen molar-refractivity contribution in [2.24, 2.45) is 0 Å². The molecule has 0 bridgehead atoms. The van der Waals surface area contributed by atoms with Gasteiger partial charge >= 0.3 is 8.25 Å². The van der Waals surface area contributed by atoms with Crippen molar-refractivity contribution >= 4 is 25.2 Å². The third-order valence-electron chi connectivity index (χ3n) is 2.09. The van der Waals surface area contributed by atoms with Crippen LogP contribution in [0.4, 0.5) is 5.82 Å². The first kappa shape index (κ1) is 12.8. The summed E-state index contributed by atoms with van der Waals surface area (Å²) in [6, 6.07) is 0. The molecule has 0 radical (unpaired) electrons. The predicted octanol–water partition coefficient (Wildman–Crippen LogP) is 0.0489. The Balaban J connectivity index is 1.92. The van der Waals surface area contributed by atoms with E-state index in [2.05, 4.69) is 19.5 Å². The summed E-state index contributed by atoms with van der Waals surface area (Å²) in [7, 11) is -2.58. The van der Waals surface area contributed by atoms with Crippen LogP contribution < -0.4 is 5.73 Å². The van der Waals surface area contributed by atoms with Gasteiger partial charge < -0.3 is 10.5 Å². The molecule has 1 unspecified atom stereocenters. The summed E-state index contributed by atoms with van der Waals surface area (Å²) < 4.78 is 21.5. The Bertz CT molecular complexity index is 559. The fourth-order valence-electron chi connectivity index (χ4n) is 1.33. The van der Waals surface area contributed by atoms with Gasteiger partial charge in [0.2, 0.25) is 0 Å². The van der Waals surface area contributed by atoms with Crippen molar-refractivity contribution < 1.29 is 18.7 Å². The van der Waals surface area contributed by atoms with Crippen molar-refractivity contribution in [3.8, 4) is 0 Å². The first-order valence-electron chi connectivity index (χ1n) is 4.96. The first-order chi connectivity index (χ1) is 8.68. The monoisotopic (exact) mass is 272 g/mol. The number of nitrogen functional groups attached to an aromatic ring is 1. The minimum atomic E-state index is -2.58. The average Bonchev–Trinajstić information content (AvgIpc) is 2.73. The molecule has 0 aliphatic carbocycles. The number of anilines is 1. The lowest BCUT2D eigenvalue weighted by Crippen LogP contribution is -2.06. The summed E-state index contributed by atoms with van der Waals surface area (Å²) in [5.74, 6) is 0.305. The molecular weight excluding hydrogens is 261 g/mol. The van der Waals surface area contributed by atoms with Gasteiger partial charge in [-0.1, -0.05) is 0 Å². The molecule has 1 atom stereocenters. The molecule has 2 aromatic heterocycles. The second-order valence-electron chi connectivity index (χ2n) is 3.25. The van der Waals surface area contributed by atoms with Crippen LogP contribution in [0.15, 0.2) is 12.7 Å². The van der Waals surface area contributed by atoms with Crippen LogP contribution in [0.1, 0.15) is 0 Å². The zero-order chi connectivity index (χ0) is 13.0. The highest BCUT2D eigenvalue weighted by Crippen LogP contribution is 2.15. The van der Waals surface area contributed by atoms with E-state index in [1.54, 1.807) is 4.57 Å². The van der Waals surface area contributed by atoms with E-state index in [9.17, 15) is 4.57 Å². The number of imidazole rings is 1. The molecule has 3 N–H and O–H groups in total. The SMILES string of the molecule is Nc1ncnc2c1ncn2COCCO[P+](=O)O. The number of ether oxygens (including phenoxy) is 1. The summed E-state index contributed by atoms with van der Waals surface area (Å²) in [4.78, 5) is 20.3. The van der Waals surface area contributed by atoms with Gasteiger partial charge in [-0.3, -0.25) is 4.57 Å². The second kappa shape index (κ2) is 5.78. The van der Waals surface area contributed by atoms with Gasteiger partial charge in [0.25, 0.3) is 0 Å². The van der Waals surface area contributed by atoms with Crippen LogP contribution in [-0.2, 0) is 20.6 Å². The van der Waals surface area contributed by atoms with E-state index in [1.807, 2.05) is 0 Å². The summed E-state index contributed by atoms with van der Waals surface area (Å²) >= 11 is 0. The molecule has 0 saturated carbocycles. The third-order valence-corrected chi connectivity index (χ3v) is 2.49. The molecule has 0 amide bonds. The number of nitrogens with zero attached hydrogens (tertiary/aromatic N) is 4. The molecule has 96 valence electrons. The molecule has 2 aromatic rings. The van der Waals surface area contributed by atoms with Crippen molar-refractivity contribution in [1.82, 2.24) is 19.5 Å². The average molecular weight is 272 g/mol. The lowest BCUT2D eigenvalue weighted by Gasteiger charge is -2.03. The highest BCUT2D eigenvalue weighted by Gasteiger charge is 2.11. The van der Waals surface area contributed by atoms with Crippen molar-refractivity contribution in [2.45, 2.75) is 6.73 Å². The summed E-state index contributed by atoms with van der Waals surface area (Å²) in [5, 5.41) is 0. The van der Waals surface area contributed by atoms with Gasteiger partial charge in [-0.05, 0) is 0 Å². The van der Waals surface area contributed by atoms with E-state index in [0.717, 1.165) is 0 Å². The third kappa shape index (κ3) is 2.96. The summed E-state index contributed by atoms with van der Waals surface area (Å²) in [6.07, 6.45) is 2.87. The lowest BCUT2D eigenvalue weighted by molar-refractivity contribution is 0.0549. The first-order valence-corrected chi connectivity index (χ1v) is 6.09. The van der Waals surface area contributed by atoms with Crippen LogP contribution in [0.25, 0.3) is 11.2 Å².